The van der Waals surface area contributed by atoms with Crippen LogP contribution in [0, 0.1) is 0 Å². The summed E-state index contributed by atoms with van der Waals surface area (Å²) >= 11 is 0. The second-order valence-electron chi connectivity index (χ2n) is 4.44. The molecular weight excluding hydrogens is 222 g/mol. The van der Waals surface area contributed by atoms with Crippen molar-refractivity contribution in [2.45, 2.75) is 12.0 Å². The highest BCUT2D eigenvalue weighted by Gasteiger charge is 2.43. The lowest BCUT2D eigenvalue weighted by Gasteiger charge is -2.20. The van der Waals surface area contributed by atoms with Crippen LogP contribution in [0.3, 0.4) is 0 Å². The lowest BCUT2D eigenvalue weighted by Crippen LogP contribution is -2.50. The highest BCUT2D eigenvalue weighted by atomic mass is 16.4. The summed E-state index contributed by atoms with van der Waals surface area (Å²) < 4.78 is 1.71. The van der Waals surface area contributed by atoms with Gasteiger partial charge in [0.15, 0.2) is 0 Å². The number of aryl methyl sites for hydroxylation is 1. The van der Waals surface area contributed by atoms with E-state index >= 15 is 0 Å². The Bertz CT molecular complexity index is 468. The standard InChI is InChI=1S/C11H15N3O3/c1-13-5-2-3-8(13)9(15)14-6-4-11(12,7-14)10(16)17/h2-3,5H,4,6-7,12H2,1H3,(H,16,17). The zero-order valence-corrected chi connectivity index (χ0v) is 9.59. The number of carboxylic acid groups (broad SMARTS) is 1. The Hall–Kier alpha value is -1.82. The first-order valence-corrected chi connectivity index (χ1v) is 5.37. The van der Waals surface area contributed by atoms with Gasteiger partial charge in [-0.15, -0.1) is 0 Å². The smallest absolute Gasteiger partial charge is 0.325 e. The van der Waals surface area contributed by atoms with Crippen LogP contribution in [-0.4, -0.2) is 45.1 Å². The second kappa shape index (κ2) is 3.89. The fourth-order valence-corrected chi connectivity index (χ4v) is 2.03. The van der Waals surface area contributed by atoms with Crippen LogP contribution in [-0.2, 0) is 11.8 Å². The van der Waals surface area contributed by atoms with E-state index in [1.54, 1.807) is 29.9 Å². The lowest BCUT2D eigenvalue weighted by atomic mass is 10.0. The number of carbonyl (C=O) groups is 2. The van der Waals surface area contributed by atoms with Crippen molar-refractivity contribution in [3.63, 3.8) is 0 Å². The molecule has 1 unspecified atom stereocenters. The Morgan fingerprint density at radius 1 is 1.53 bits per heavy atom. The number of hydrogen-bond donors (Lipinski definition) is 2. The summed E-state index contributed by atoms with van der Waals surface area (Å²) in [4.78, 5) is 24.6. The number of hydrogen-bond acceptors (Lipinski definition) is 3. The Balaban J connectivity index is 2.15. The molecule has 3 N–H and O–H groups in total. The van der Waals surface area contributed by atoms with Gasteiger partial charge in [0.25, 0.3) is 5.91 Å². The Kier molecular flexibility index (Phi) is 2.66. The number of amides is 1. The molecule has 92 valence electrons. The first-order chi connectivity index (χ1) is 7.94. The largest absolute Gasteiger partial charge is 0.480 e. The molecule has 17 heavy (non-hydrogen) atoms. The molecule has 1 aromatic heterocycles. The minimum Gasteiger partial charge on any atom is -0.480 e. The number of carboxylic acids is 1. The monoisotopic (exact) mass is 237 g/mol. The van der Waals surface area contributed by atoms with Crippen molar-refractivity contribution in [2.75, 3.05) is 13.1 Å². The van der Waals surface area contributed by atoms with Crippen LogP contribution in [0.15, 0.2) is 18.3 Å². The maximum Gasteiger partial charge on any atom is 0.325 e. The van der Waals surface area contributed by atoms with E-state index in [1.165, 1.54) is 4.90 Å². The third-order valence-corrected chi connectivity index (χ3v) is 3.18. The predicted molar refractivity (Wildman–Crippen MR) is 60.5 cm³/mol. The summed E-state index contributed by atoms with van der Waals surface area (Å²) in [5.41, 5.74) is 4.96. The van der Waals surface area contributed by atoms with Gasteiger partial charge in [-0.1, -0.05) is 0 Å². The highest BCUT2D eigenvalue weighted by molar-refractivity contribution is 5.94. The van der Waals surface area contributed by atoms with E-state index in [1.807, 2.05) is 0 Å². The third kappa shape index (κ3) is 1.91. The molecule has 2 rings (SSSR count). The Morgan fingerprint density at radius 3 is 2.71 bits per heavy atom. The molecule has 0 saturated carbocycles. The van der Waals surface area contributed by atoms with Crippen LogP contribution in [0.25, 0.3) is 0 Å². The van der Waals surface area contributed by atoms with Gasteiger partial charge in [-0.2, -0.15) is 0 Å². The van der Waals surface area contributed by atoms with E-state index in [0.29, 0.717) is 18.7 Å². The van der Waals surface area contributed by atoms with Crippen molar-refractivity contribution in [3.8, 4) is 0 Å². The van der Waals surface area contributed by atoms with Gasteiger partial charge in [-0.3, -0.25) is 9.59 Å². The van der Waals surface area contributed by atoms with Crippen molar-refractivity contribution in [1.82, 2.24) is 9.47 Å². The molecule has 0 radical (unpaired) electrons. The fraction of sp³-hybridized carbons (Fsp3) is 0.455. The maximum atomic E-state index is 12.1. The van der Waals surface area contributed by atoms with Crippen LogP contribution >= 0.6 is 0 Å². The number of likely N-dealkylation sites (tertiary alicyclic amines) is 1. The van der Waals surface area contributed by atoms with E-state index < -0.39 is 11.5 Å². The summed E-state index contributed by atoms with van der Waals surface area (Å²) in [6.07, 6.45) is 2.06. The molecular formula is C11H15N3O3. The van der Waals surface area contributed by atoms with E-state index in [4.69, 9.17) is 10.8 Å². The topological polar surface area (TPSA) is 88.6 Å². The average molecular weight is 237 g/mol. The van der Waals surface area contributed by atoms with Gasteiger partial charge in [0.1, 0.15) is 11.2 Å². The molecule has 1 saturated heterocycles. The molecule has 2 heterocycles. The Labute approximate surface area is 98.6 Å². The van der Waals surface area contributed by atoms with E-state index in [2.05, 4.69) is 0 Å². The van der Waals surface area contributed by atoms with Crippen molar-refractivity contribution in [3.05, 3.63) is 24.0 Å². The van der Waals surface area contributed by atoms with E-state index in [9.17, 15) is 9.59 Å². The first kappa shape index (κ1) is 11.7. The zero-order chi connectivity index (χ0) is 12.6. The molecule has 1 aliphatic rings. The molecule has 1 atom stereocenters. The van der Waals surface area contributed by atoms with Gasteiger partial charge in [0.2, 0.25) is 0 Å². The molecule has 6 heteroatoms. The van der Waals surface area contributed by atoms with E-state index in [0.717, 1.165) is 0 Å². The number of aliphatic carboxylic acids is 1. The summed E-state index contributed by atoms with van der Waals surface area (Å²) in [7, 11) is 1.77. The molecule has 0 aliphatic carbocycles. The average Bonchev–Trinajstić information content (AvgIpc) is 2.85. The summed E-state index contributed by atoms with van der Waals surface area (Å²) in [5.74, 6) is -1.23. The fourth-order valence-electron chi connectivity index (χ4n) is 2.03. The number of aromatic nitrogens is 1. The highest BCUT2D eigenvalue weighted by Crippen LogP contribution is 2.21. The quantitative estimate of drug-likeness (QED) is 0.736. The molecule has 1 fully saturated rings. The molecule has 0 spiro atoms. The molecule has 1 aromatic rings. The normalized spacial score (nSPS) is 24.0. The summed E-state index contributed by atoms with van der Waals surface area (Å²) in [5, 5.41) is 8.99. The van der Waals surface area contributed by atoms with Crippen LogP contribution in [0.4, 0.5) is 0 Å². The minimum atomic E-state index is -1.30. The molecule has 6 nitrogen and oxygen atoms in total. The second-order valence-corrected chi connectivity index (χ2v) is 4.44. The lowest BCUT2D eigenvalue weighted by molar-refractivity contribution is -0.142. The van der Waals surface area contributed by atoms with Crippen molar-refractivity contribution < 1.29 is 14.7 Å². The van der Waals surface area contributed by atoms with Gasteiger partial charge in [0, 0.05) is 26.3 Å². The SMILES string of the molecule is Cn1cccc1C(=O)N1CCC(N)(C(=O)O)C1. The van der Waals surface area contributed by atoms with E-state index in [-0.39, 0.29) is 12.5 Å². The van der Waals surface area contributed by atoms with Gasteiger partial charge < -0.3 is 20.3 Å². The van der Waals surface area contributed by atoms with Crippen molar-refractivity contribution in [2.24, 2.45) is 12.8 Å². The number of nitrogens with two attached hydrogens (primary N) is 1. The third-order valence-electron chi connectivity index (χ3n) is 3.18. The molecule has 1 amide bonds. The maximum absolute atomic E-state index is 12.1. The van der Waals surface area contributed by atoms with Crippen LogP contribution in [0.1, 0.15) is 16.9 Å². The minimum absolute atomic E-state index is 0.0619. The number of nitrogens with zero attached hydrogens (tertiary/aromatic N) is 2. The summed E-state index contributed by atoms with van der Waals surface area (Å²) in [6.45, 7) is 0.444. The molecule has 1 aliphatic heterocycles. The van der Waals surface area contributed by atoms with Crippen molar-refractivity contribution in [1.29, 1.82) is 0 Å². The van der Waals surface area contributed by atoms with Gasteiger partial charge >= 0.3 is 5.97 Å². The number of rotatable bonds is 2. The summed E-state index contributed by atoms with van der Waals surface area (Å²) in [6, 6.07) is 3.48. The zero-order valence-electron chi connectivity index (χ0n) is 9.59. The van der Waals surface area contributed by atoms with Crippen molar-refractivity contribution >= 4 is 11.9 Å². The Morgan fingerprint density at radius 2 is 2.24 bits per heavy atom. The predicted octanol–water partition coefficient (Wildman–Crippen LogP) is -0.347. The van der Waals surface area contributed by atoms with Crippen LogP contribution in [0.5, 0.6) is 0 Å². The van der Waals surface area contributed by atoms with Crippen LogP contribution < -0.4 is 5.73 Å². The molecule has 0 aromatic carbocycles. The van der Waals surface area contributed by atoms with Gasteiger partial charge in [-0.25, -0.2) is 0 Å². The van der Waals surface area contributed by atoms with Gasteiger partial charge in [0.05, 0.1) is 0 Å². The first-order valence-electron chi connectivity index (χ1n) is 5.37. The number of carbonyl (C=O) groups excluding carboxylic acids is 1. The van der Waals surface area contributed by atoms with Crippen LogP contribution in [0.2, 0.25) is 0 Å². The van der Waals surface area contributed by atoms with Gasteiger partial charge in [-0.05, 0) is 18.6 Å². The molecule has 0 bridgehead atoms.